The van der Waals surface area contributed by atoms with Crippen LogP contribution in [0.25, 0.3) is 34.3 Å². The normalized spacial score (nSPS) is 12.0. The van der Waals surface area contributed by atoms with Crippen LogP contribution in [0.3, 0.4) is 0 Å². The van der Waals surface area contributed by atoms with Crippen molar-refractivity contribution in [1.82, 2.24) is 20.2 Å². The lowest BCUT2D eigenvalue weighted by Gasteiger charge is -2.22. The smallest absolute Gasteiger partial charge is 0.251 e. The van der Waals surface area contributed by atoms with Gasteiger partial charge in [-0.25, -0.2) is 4.98 Å². The Morgan fingerprint density at radius 1 is 0.692 bits per heavy atom. The number of nitrogens with zero attached hydrogens (tertiary/aromatic N) is 4. The molecule has 198 valence electrons. The molecule has 0 saturated heterocycles. The molecule has 6 nitrogen and oxygen atoms in total. The Balaban J connectivity index is 1.58. The number of hydrogen-bond donors (Lipinski definition) is 0. The van der Waals surface area contributed by atoms with Crippen LogP contribution in [-0.4, -0.2) is 20.2 Å². The maximum absolute atomic E-state index is 6.54. The van der Waals surface area contributed by atoms with Gasteiger partial charge in [0.05, 0.1) is 17.0 Å². The summed E-state index contributed by atoms with van der Waals surface area (Å²) in [5, 5.41) is 8.61. The number of pyridine rings is 2. The second-order valence-corrected chi connectivity index (χ2v) is 11.8. The van der Waals surface area contributed by atoms with E-state index in [1.165, 1.54) is 5.56 Å². The number of benzene rings is 2. The summed E-state index contributed by atoms with van der Waals surface area (Å²) in [7, 11) is 0. The van der Waals surface area contributed by atoms with Gasteiger partial charge in [0.25, 0.3) is 5.89 Å². The van der Waals surface area contributed by atoms with Crippen LogP contribution in [0.2, 0.25) is 0 Å². The van der Waals surface area contributed by atoms with Crippen molar-refractivity contribution in [2.75, 3.05) is 0 Å². The third kappa shape index (κ3) is 5.75. The van der Waals surface area contributed by atoms with E-state index < -0.39 is 0 Å². The van der Waals surface area contributed by atoms with Gasteiger partial charge in [-0.05, 0) is 70.8 Å². The molecule has 3 heterocycles. The van der Waals surface area contributed by atoms with Crippen molar-refractivity contribution in [3.05, 3.63) is 95.7 Å². The Labute approximate surface area is 230 Å². The van der Waals surface area contributed by atoms with E-state index in [9.17, 15) is 0 Å². The van der Waals surface area contributed by atoms with Crippen molar-refractivity contribution in [1.29, 1.82) is 0 Å². The van der Waals surface area contributed by atoms with Crippen molar-refractivity contribution in [2.24, 2.45) is 0 Å². The Morgan fingerprint density at radius 2 is 1.38 bits per heavy atom. The number of aryl methyl sites for hydroxylation is 1. The number of para-hydroxylation sites is 1. The molecule has 3 aromatic heterocycles. The Bertz CT molecular complexity index is 1610. The molecule has 0 aliphatic carbocycles. The van der Waals surface area contributed by atoms with E-state index >= 15 is 0 Å². The first-order valence-electron chi connectivity index (χ1n) is 13.2. The van der Waals surface area contributed by atoms with E-state index in [4.69, 9.17) is 14.1 Å². The summed E-state index contributed by atoms with van der Waals surface area (Å²) in [5.41, 5.74) is 6.26. The molecule has 39 heavy (non-hydrogen) atoms. The predicted octanol–water partition coefficient (Wildman–Crippen LogP) is 8.56. The largest absolute Gasteiger partial charge is 0.438 e. The van der Waals surface area contributed by atoms with Gasteiger partial charge in [0.1, 0.15) is 5.75 Å². The second-order valence-electron chi connectivity index (χ2n) is 11.8. The van der Waals surface area contributed by atoms with E-state index in [0.29, 0.717) is 29.0 Å². The minimum absolute atomic E-state index is 0.00259. The maximum Gasteiger partial charge on any atom is 0.251 e. The lowest BCUT2D eigenvalue weighted by Crippen LogP contribution is -2.13. The van der Waals surface area contributed by atoms with Crippen LogP contribution in [-0.2, 0) is 10.8 Å². The molecule has 0 N–H and O–H groups in total. The van der Waals surface area contributed by atoms with Gasteiger partial charge in [-0.3, -0.25) is 4.98 Å². The zero-order chi connectivity index (χ0) is 27.8. The summed E-state index contributed by atoms with van der Waals surface area (Å²) < 4.78 is 12.6. The van der Waals surface area contributed by atoms with Gasteiger partial charge in [-0.1, -0.05) is 71.9 Å². The average molecular weight is 519 g/mol. The van der Waals surface area contributed by atoms with Crippen LogP contribution < -0.4 is 4.74 Å². The average Bonchev–Trinajstić information content (AvgIpc) is 3.40. The summed E-state index contributed by atoms with van der Waals surface area (Å²) in [5.74, 6) is 1.96. The fraction of sp³-hybridized carbons (Fsp3) is 0.273. The lowest BCUT2D eigenvalue weighted by atomic mass is 9.86. The molecule has 0 fully saturated rings. The highest BCUT2D eigenvalue weighted by atomic mass is 16.5. The molecule has 0 unspecified atom stereocenters. The molecule has 0 amide bonds. The standard InChI is InChI=1S/C33H34N4O2/c1-21-12-11-15-25(31-37-36-30(39-31)22-13-9-8-10-14-22)29(21)38-28-20-24(33(5,6)7)19-27(35-28)26-18-23(16-17-34-26)32(2,3)4/h8-20H,1-7H3. The van der Waals surface area contributed by atoms with E-state index in [-0.39, 0.29) is 10.8 Å². The maximum atomic E-state index is 6.54. The Hall–Kier alpha value is -4.32. The molecular formula is C33H34N4O2. The van der Waals surface area contributed by atoms with E-state index in [0.717, 1.165) is 28.1 Å². The Morgan fingerprint density at radius 3 is 2.10 bits per heavy atom. The quantitative estimate of drug-likeness (QED) is 0.232. The first-order valence-corrected chi connectivity index (χ1v) is 13.2. The second kappa shape index (κ2) is 10.1. The third-order valence-electron chi connectivity index (χ3n) is 6.65. The molecule has 0 spiro atoms. The lowest BCUT2D eigenvalue weighted by molar-refractivity contribution is 0.455. The van der Waals surface area contributed by atoms with Crippen LogP contribution in [0.4, 0.5) is 0 Å². The highest BCUT2D eigenvalue weighted by Crippen LogP contribution is 2.38. The zero-order valence-corrected chi connectivity index (χ0v) is 23.6. The van der Waals surface area contributed by atoms with Crippen molar-refractivity contribution >= 4 is 0 Å². The van der Waals surface area contributed by atoms with E-state index in [1.54, 1.807) is 0 Å². The summed E-state index contributed by atoms with van der Waals surface area (Å²) in [4.78, 5) is 9.57. The van der Waals surface area contributed by atoms with Crippen LogP contribution in [0.5, 0.6) is 11.6 Å². The Kier molecular flexibility index (Phi) is 6.81. The molecule has 0 radical (unpaired) electrons. The van der Waals surface area contributed by atoms with Gasteiger partial charge in [0.15, 0.2) is 0 Å². The minimum Gasteiger partial charge on any atom is -0.438 e. The molecule has 0 saturated carbocycles. The molecule has 5 rings (SSSR count). The molecule has 0 aliphatic rings. The molecule has 0 aliphatic heterocycles. The predicted molar refractivity (Wildman–Crippen MR) is 155 cm³/mol. The van der Waals surface area contributed by atoms with Gasteiger partial charge in [0, 0.05) is 17.8 Å². The van der Waals surface area contributed by atoms with Crippen molar-refractivity contribution in [3.8, 4) is 45.9 Å². The van der Waals surface area contributed by atoms with Crippen molar-refractivity contribution in [3.63, 3.8) is 0 Å². The number of hydrogen-bond acceptors (Lipinski definition) is 6. The van der Waals surface area contributed by atoms with Gasteiger partial charge in [0.2, 0.25) is 11.8 Å². The third-order valence-corrected chi connectivity index (χ3v) is 6.65. The van der Waals surface area contributed by atoms with Gasteiger partial charge < -0.3 is 9.15 Å². The highest BCUT2D eigenvalue weighted by Gasteiger charge is 2.22. The molecule has 2 aromatic carbocycles. The summed E-state index contributed by atoms with van der Waals surface area (Å²) in [6, 6.07) is 23.9. The first-order chi connectivity index (χ1) is 18.5. The molecule has 0 atom stereocenters. The molecule has 6 heteroatoms. The summed E-state index contributed by atoms with van der Waals surface area (Å²) in [6.45, 7) is 15.1. The monoisotopic (exact) mass is 518 g/mol. The van der Waals surface area contributed by atoms with Crippen LogP contribution in [0.15, 0.2) is 83.4 Å². The molecule has 0 bridgehead atoms. The number of rotatable bonds is 5. The van der Waals surface area contributed by atoms with Crippen molar-refractivity contribution in [2.45, 2.75) is 59.3 Å². The fourth-order valence-electron chi connectivity index (χ4n) is 4.25. The summed E-state index contributed by atoms with van der Waals surface area (Å²) >= 11 is 0. The molecular weight excluding hydrogens is 484 g/mol. The number of aromatic nitrogens is 4. The first kappa shape index (κ1) is 26.3. The van der Waals surface area contributed by atoms with Gasteiger partial charge in [-0.2, -0.15) is 0 Å². The SMILES string of the molecule is Cc1cccc(-c2nnc(-c3ccccc3)o2)c1Oc1cc(C(C)(C)C)cc(-c2cc(C(C)(C)C)ccn2)n1. The minimum atomic E-state index is -0.122. The molecule has 5 aromatic rings. The topological polar surface area (TPSA) is 73.9 Å². The van der Waals surface area contributed by atoms with Crippen molar-refractivity contribution < 1.29 is 9.15 Å². The summed E-state index contributed by atoms with van der Waals surface area (Å²) in [6.07, 6.45) is 1.85. The zero-order valence-electron chi connectivity index (χ0n) is 23.6. The van der Waals surface area contributed by atoms with Gasteiger partial charge >= 0.3 is 0 Å². The fourth-order valence-corrected chi connectivity index (χ4v) is 4.25. The van der Waals surface area contributed by atoms with Crippen LogP contribution in [0, 0.1) is 6.92 Å². The van der Waals surface area contributed by atoms with E-state index in [1.807, 2.05) is 67.7 Å². The van der Waals surface area contributed by atoms with Gasteiger partial charge in [-0.15, -0.1) is 10.2 Å². The number of ether oxygens (including phenoxy) is 1. The van der Waals surface area contributed by atoms with E-state index in [2.05, 4.69) is 74.9 Å². The van der Waals surface area contributed by atoms with Crippen LogP contribution >= 0.6 is 0 Å². The highest BCUT2D eigenvalue weighted by molar-refractivity contribution is 5.67. The van der Waals surface area contributed by atoms with Crippen LogP contribution in [0.1, 0.15) is 58.2 Å².